The van der Waals surface area contributed by atoms with Crippen LogP contribution in [0.3, 0.4) is 0 Å². The van der Waals surface area contributed by atoms with Crippen LogP contribution in [0.4, 0.5) is 0 Å². The van der Waals surface area contributed by atoms with Crippen molar-refractivity contribution in [3.63, 3.8) is 0 Å². The molecule has 0 fully saturated rings. The number of nitrogens with one attached hydrogen (secondary N) is 1. The number of H-pyrrole nitrogens is 1. The molecule has 0 bridgehead atoms. The first-order valence-corrected chi connectivity index (χ1v) is 4.38. The van der Waals surface area contributed by atoms with E-state index < -0.39 is 11.1 Å². The Balaban J connectivity index is 2.82. The van der Waals surface area contributed by atoms with E-state index in [2.05, 4.69) is 9.97 Å². The second-order valence-electron chi connectivity index (χ2n) is 2.29. The normalized spacial score (nSPS) is 13.4. The number of para-hydroxylation sites is 1. The van der Waals surface area contributed by atoms with Gasteiger partial charge in [-0.2, -0.15) is 0 Å². The molecule has 1 N–H and O–H groups in total. The first-order chi connectivity index (χ1) is 5.79. The van der Waals surface area contributed by atoms with Crippen molar-refractivity contribution in [2.45, 2.75) is 4.90 Å². The van der Waals surface area contributed by atoms with E-state index in [-0.39, 0.29) is 4.90 Å². The molecule has 1 aromatic heterocycles. The number of hydrogen-bond acceptors (Lipinski definition) is 3. The van der Waals surface area contributed by atoms with Crippen molar-refractivity contribution in [2.75, 3.05) is 0 Å². The minimum absolute atomic E-state index is 0.230. The highest BCUT2D eigenvalue weighted by molar-refractivity contribution is 7.79. The molecule has 0 spiro atoms. The van der Waals surface area contributed by atoms with Crippen LogP contribution in [0.5, 0.6) is 0 Å². The molecule has 1 aromatic carbocycles. The Kier molecular flexibility index (Phi) is 1.67. The Bertz CT molecular complexity index is 438. The van der Waals surface area contributed by atoms with Crippen molar-refractivity contribution in [1.82, 2.24) is 9.97 Å². The molecule has 0 saturated heterocycles. The van der Waals surface area contributed by atoms with E-state index >= 15 is 0 Å². The van der Waals surface area contributed by atoms with Crippen LogP contribution in [-0.4, -0.2) is 18.7 Å². The molecule has 1 heterocycles. The highest BCUT2D eigenvalue weighted by Crippen LogP contribution is 2.16. The number of aromatic nitrogens is 2. The van der Waals surface area contributed by atoms with Gasteiger partial charge in [-0.1, -0.05) is 6.07 Å². The summed E-state index contributed by atoms with van der Waals surface area (Å²) in [5.74, 6) is 0. The average molecular weight is 181 g/mol. The number of benzene rings is 1. The Hall–Kier alpha value is -1.20. The molecule has 0 amide bonds. The largest absolute Gasteiger partial charge is 0.768 e. The molecule has 2 rings (SSSR count). The third-order valence-electron chi connectivity index (χ3n) is 1.59. The molecule has 0 saturated carbocycles. The summed E-state index contributed by atoms with van der Waals surface area (Å²) in [5, 5.41) is 0. The first kappa shape index (κ1) is 7.45. The number of hydrogen-bond donors (Lipinski definition) is 1. The number of nitrogens with zero attached hydrogens (tertiary/aromatic N) is 1. The smallest absolute Gasteiger partial charge is 0.103 e. The van der Waals surface area contributed by atoms with Gasteiger partial charge in [0.2, 0.25) is 0 Å². The molecule has 0 radical (unpaired) electrons. The van der Waals surface area contributed by atoms with Crippen molar-refractivity contribution < 1.29 is 8.76 Å². The third-order valence-corrected chi connectivity index (χ3v) is 2.28. The molecule has 1 unspecified atom stereocenters. The summed E-state index contributed by atoms with van der Waals surface area (Å²) >= 11 is -2.21. The SMILES string of the molecule is O=S([O-])c1cccc2[nH]cnc12. The molecule has 62 valence electrons. The lowest BCUT2D eigenvalue weighted by Gasteiger charge is -2.04. The topological polar surface area (TPSA) is 68.8 Å². The minimum Gasteiger partial charge on any atom is -0.768 e. The van der Waals surface area contributed by atoms with Crippen LogP contribution in [0.1, 0.15) is 0 Å². The quantitative estimate of drug-likeness (QED) is 0.661. The van der Waals surface area contributed by atoms with Gasteiger partial charge >= 0.3 is 0 Å². The van der Waals surface area contributed by atoms with Gasteiger partial charge in [0.05, 0.1) is 16.7 Å². The van der Waals surface area contributed by atoms with Crippen LogP contribution in [0.25, 0.3) is 11.0 Å². The summed E-state index contributed by atoms with van der Waals surface area (Å²) in [6, 6.07) is 4.97. The van der Waals surface area contributed by atoms with Gasteiger partial charge in [-0.15, -0.1) is 0 Å². The Labute approximate surface area is 70.9 Å². The summed E-state index contributed by atoms with van der Waals surface area (Å²) in [7, 11) is 0. The lowest BCUT2D eigenvalue weighted by atomic mass is 10.3. The Morgan fingerprint density at radius 2 is 2.33 bits per heavy atom. The van der Waals surface area contributed by atoms with Crippen molar-refractivity contribution in [3.05, 3.63) is 24.5 Å². The molecule has 5 heteroatoms. The van der Waals surface area contributed by atoms with Gasteiger partial charge in [-0.25, -0.2) is 4.98 Å². The van der Waals surface area contributed by atoms with Gasteiger partial charge in [-0.05, 0) is 23.2 Å². The molecular formula is C7H5N2O2S-. The fourth-order valence-corrected chi connectivity index (χ4v) is 1.58. The molecule has 0 aliphatic heterocycles. The predicted molar refractivity (Wildman–Crippen MR) is 43.3 cm³/mol. The first-order valence-electron chi connectivity index (χ1n) is 3.30. The van der Waals surface area contributed by atoms with Crippen LogP contribution in [0.2, 0.25) is 0 Å². The number of aromatic amines is 1. The zero-order chi connectivity index (χ0) is 8.55. The van der Waals surface area contributed by atoms with Crippen molar-refractivity contribution >= 4 is 22.1 Å². The third kappa shape index (κ3) is 1.03. The molecule has 12 heavy (non-hydrogen) atoms. The Morgan fingerprint density at radius 3 is 3.08 bits per heavy atom. The Morgan fingerprint density at radius 1 is 1.50 bits per heavy atom. The summed E-state index contributed by atoms with van der Waals surface area (Å²) < 4.78 is 21.3. The second-order valence-corrected chi connectivity index (χ2v) is 3.20. The van der Waals surface area contributed by atoms with Gasteiger partial charge in [0.25, 0.3) is 0 Å². The van der Waals surface area contributed by atoms with Crippen molar-refractivity contribution in [2.24, 2.45) is 0 Å². The summed E-state index contributed by atoms with van der Waals surface area (Å²) in [6.07, 6.45) is 1.47. The van der Waals surface area contributed by atoms with E-state index in [1.54, 1.807) is 12.1 Å². The summed E-state index contributed by atoms with van der Waals surface area (Å²) in [6.45, 7) is 0. The fraction of sp³-hybridized carbons (Fsp3) is 0. The lowest BCUT2D eigenvalue weighted by molar-refractivity contribution is 0.538. The van der Waals surface area contributed by atoms with E-state index in [9.17, 15) is 8.76 Å². The second kappa shape index (κ2) is 2.69. The van der Waals surface area contributed by atoms with Gasteiger partial charge in [0, 0.05) is 0 Å². The van der Waals surface area contributed by atoms with E-state index in [0.717, 1.165) is 5.52 Å². The van der Waals surface area contributed by atoms with Crippen LogP contribution in [0.15, 0.2) is 29.4 Å². The maximum atomic E-state index is 10.7. The van der Waals surface area contributed by atoms with Gasteiger partial charge in [-0.3, -0.25) is 4.21 Å². The highest BCUT2D eigenvalue weighted by atomic mass is 32.2. The predicted octanol–water partition coefficient (Wildman–Crippen LogP) is 0.801. The maximum Gasteiger partial charge on any atom is 0.103 e. The van der Waals surface area contributed by atoms with E-state index in [4.69, 9.17) is 0 Å². The molecule has 2 aromatic rings. The number of fused-ring (bicyclic) bond motifs is 1. The standard InChI is InChI=1S/C7H6N2O2S/c10-12(11)6-3-1-2-5-7(6)9-4-8-5/h1-4H,(H,8,9)(H,10,11)/p-1. The van der Waals surface area contributed by atoms with E-state index in [1.807, 2.05) is 0 Å². The average Bonchev–Trinajstić information content (AvgIpc) is 2.49. The lowest BCUT2D eigenvalue weighted by Crippen LogP contribution is -1.89. The van der Waals surface area contributed by atoms with Crippen molar-refractivity contribution in [3.8, 4) is 0 Å². The van der Waals surface area contributed by atoms with Crippen LogP contribution in [0, 0.1) is 0 Å². The van der Waals surface area contributed by atoms with Gasteiger partial charge < -0.3 is 9.54 Å². The van der Waals surface area contributed by atoms with Crippen molar-refractivity contribution in [1.29, 1.82) is 0 Å². The highest BCUT2D eigenvalue weighted by Gasteiger charge is 2.01. The zero-order valence-corrected chi connectivity index (χ0v) is 6.80. The van der Waals surface area contributed by atoms with E-state index in [1.165, 1.54) is 12.4 Å². The molecule has 4 nitrogen and oxygen atoms in total. The number of imidazole rings is 1. The summed E-state index contributed by atoms with van der Waals surface area (Å²) in [4.78, 5) is 6.95. The van der Waals surface area contributed by atoms with E-state index in [0.29, 0.717) is 5.52 Å². The molecule has 0 aliphatic carbocycles. The molecule has 0 aliphatic rings. The van der Waals surface area contributed by atoms with Gasteiger partial charge in [0.1, 0.15) is 5.52 Å². The van der Waals surface area contributed by atoms with Crippen LogP contribution >= 0.6 is 0 Å². The number of rotatable bonds is 1. The zero-order valence-electron chi connectivity index (χ0n) is 5.98. The monoisotopic (exact) mass is 181 g/mol. The molecule has 1 atom stereocenters. The van der Waals surface area contributed by atoms with Crippen LogP contribution in [-0.2, 0) is 11.1 Å². The van der Waals surface area contributed by atoms with Crippen LogP contribution < -0.4 is 0 Å². The maximum absolute atomic E-state index is 10.7. The summed E-state index contributed by atoms with van der Waals surface area (Å²) in [5.41, 5.74) is 1.22. The fourth-order valence-electron chi connectivity index (χ4n) is 1.07. The minimum atomic E-state index is -2.21. The molecular weight excluding hydrogens is 176 g/mol. The van der Waals surface area contributed by atoms with Gasteiger partial charge in [0.15, 0.2) is 0 Å².